The van der Waals surface area contributed by atoms with Crippen LogP contribution in [0, 0.1) is 5.92 Å². The van der Waals surface area contributed by atoms with Gasteiger partial charge in [-0.15, -0.1) is 11.3 Å². The van der Waals surface area contributed by atoms with Crippen molar-refractivity contribution in [1.82, 2.24) is 0 Å². The van der Waals surface area contributed by atoms with E-state index in [4.69, 9.17) is 10.5 Å². The number of thiophene rings is 1. The zero-order valence-electron chi connectivity index (χ0n) is 11.2. The van der Waals surface area contributed by atoms with Crippen molar-refractivity contribution in [1.29, 1.82) is 0 Å². The first-order valence-corrected chi connectivity index (χ1v) is 9.00. The number of hydrogen-bond acceptors (Lipinski definition) is 3. The maximum absolute atomic E-state index is 6.53. The minimum atomic E-state index is 0.155. The summed E-state index contributed by atoms with van der Waals surface area (Å²) in [5, 5.41) is 2.12. The van der Waals surface area contributed by atoms with Gasteiger partial charge in [0.1, 0.15) is 0 Å². The fourth-order valence-corrected chi connectivity index (χ4v) is 5.41. The van der Waals surface area contributed by atoms with Gasteiger partial charge in [0.25, 0.3) is 0 Å². The molecule has 2 heterocycles. The first kappa shape index (κ1) is 14.1. The zero-order chi connectivity index (χ0) is 13.3. The standard InChI is InChI=1S/C15H22BrNOS/c16-12-5-9-19-14(12)13(17)11-4-8-18-15(10-11)6-2-1-3-7-15/h5,9,11,13H,1-4,6-8,10,17H2. The van der Waals surface area contributed by atoms with Gasteiger partial charge in [0.15, 0.2) is 0 Å². The summed E-state index contributed by atoms with van der Waals surface area (Å²) in [4.78, 5) is 1.30. The molecule has 1 aromatic rings. The molecular weight excluding hydrogens is 322 g/mol. The van der Waals surface area contributed by atoms with Crippen LogP contribution in [-0.2, 0) is 4.74 Å². The average Bonchev–Trinajstić information content (AvgIpc) is 2.85. The molecule has 2 nitrogen and oxygen atoms in total. The molecule has 106 valence electrons. The van der Waals surface area contributed by atoms with Crippen molar-refractivity contribution < 1.29 is 4.74 Å². The lowest BCUT2D eigenvalue weighted by Gasteiger charge is -2.45. The van der Waals surface area contributed by atoms with Crippen LogP contribution in [0.25, 0.3) is 0 Å². The van der Waals surface area contributed by atoms with Gasteiger partial charge in [0.2, 0.25) is 0 Å². The predicted molar refractivity (Wildman–Crippen MR) is 83.4 cm³/mol. The summed E-state index contributed by atoms with van der Waals surface area (Å²) in [7, 11) is 0. The van der Waals surface area contributed by atoms with Gasteiger partial charge in [-0.2, -0.15) is 0 Å². The summed E-state index contributed by atoms with van der Waals surface area (Å²) in [6.07, 6.45) is 8.75. The van der Waals surface area contributed by atoms with Crippen LogP contribution < -0.4 is 5.73 Å². The third-order valence-electron chi connectivity index (χ3n) is 4.75. The Morgan fingerprint density at radius 3 is 2.84 bits per heavy atom. The summed E-state index contributed by atoms with van der Waals surface area (Å²) in [5.74, 6) is 0.571. The molecule has 2 fully saturated rings. The Balaban J connectivity index is 1.72. The molecule has 2 atom stereocenters. The van der Waals surface area contributed by atoms with Crippen molar-refractivity contribution in [3.8, 4) is 0 Å². The van der Waals surface area contributed by atoms with E-state index in [1.54, 1.807) is 11.3 Å². The Labute approximate surface area is 127 Å². The molecule has 0 bridgehead atoms. The quantitative estimate of drug-likeness (QED) is 0.848. The predicted octanol–water partition coefficient (Wildman–Crippen LogP) is 4.64. The highest BCUT2D eigenvalue weighted by atomic mass is 79.9. The van der Waals surface area contributed by atoms with Crippen molar-refractivity contribution in [2.24, 2.45) is 11.7 Å². The van der Waals surface area contributed by atoms with Crippen molar-refractivity contribution in [3.05, 3.63) is 20.8 Å². The van der Waals surface area contributed by atoms with Gasteiger partial charge >= 0.3 is 0 Å². The summed E-state index contributed by atoms with van der Waals surface area (Å²) in [6.45, 7) is 0.890. The lowest BCUT2D eigenvalue weighted by atomic mass is 9.74. The molecule has 1 aliphatic heterocycles. The van der Waals surface area contributed by atoms with Gasteiger partial charge in [-0.25, -0.2) is 0 Å². The Morgan fingerprint density at radius 2 is 2.16 bits per heavy atom. The molecule has 19 heavy (non-hydrogen) atoms. The number of halogens is 1. The second kappa shape index (κ2) is 5.84. The number of ether oxygens (including phenoxy) is 1. The highest BCUT2D eigenvalue weighted by molar-refractivity contribution is 9.10. The molecule has 4 heteroatoms. The zero-order valence-corrected chi connectivity index (χ0v) is 13.6. The normalized spacial score (nSPS) is 28.4. The first-order chi connectivity index (χ1) is 9.20. The molecule has 3 rings (SSSR count). The second-order valence-electron chi connectivity index (χ2n) is 6.00. The Hall–Kier alpha value is 0.1000. The molecule has 0 amide bonds. The molecule has 0 radical (unpaired) electrons. The van der Waals surface area contributed by atoms with Gasteiger partial charge in [-0.1, -0.05) is 19.3 Å². The fraction of sp³-hybridized carbons (Fsp3) is 0.733. The first-order valence-electron chi connectivity index (χ1n) is 7.33. The third kappa shape index (κ3) is 2.92. The van der Waals surface area contributed by atoms with E-state index < -0.39 is 0 Å². The molecule has 2 N–H and O–H groups in total. The summed E-state index contributed by atoms with van der Waals surface area (Å²) in [6, 6.07) is 2.27. The largest absolute Gasteiger partial charge is 0.375 e. The van der Waals surface area contributed by atoms with Crippen molar-refractivity contribution in [3.63, 3.8) is 0 Å². The summed E-state index contributed by atoms with van der Waals surface area (Å²) in [5.41, 5.74) is 6.69. The Bertz CT molecular complexity index is 422. The minimum absolute atomic E-state index is 0.155. The van der Waals surface area contributed by atoms with Gasteiger partial charge < -0.3 is 10.5 Å². The third-order valence-corrected chi connectivity index (χ3v) is 6.72. The Kier molecular flexibility index (Phi) is 4.32. The molecule has 0 aromatic carbocycles. The summed E-state index contributed by atoms with van der Waals surface area (Å²) < 4.78 is 7.35. The average molecular weight is 344 g/mol. The van der Waals surface area contributed by atoms with Crippen LogP contribution in [0.5, 0.6) is 0 Å². The molecular formula is C15H22BrNOS. The maximum Gasteiger partial charge on any atom is 0.0686 e. The van der Waals surface area contributed by atoms with Crippen molar-refractivity contribution >= 4 is 27.3 Å². The van der Waals surface area contributed by atoms with Crippen LogP contribution in [0.4, 0.5) is 0 Å². The SMILES string of the molecule is NC(c1sccc1Br)C1CCOC2(CCCCC2)C1. The van der Waals surface area contributed by atoms with Crippen LogP contribution in [0.2, 0.25) is 0 Å². The van der Waals surface area contributed by atoms with Crippen LogP contribution in [-0.4, -0.2) is 12.2 Å². The Morgan fingerprint density at radius 1 is 1.37 bits per heavy atom. The molecule has 1 saturated heterocycles. The van der Waals surface area contributed by atoms with E-state index in [1.807, 2.05) is 0 Å². The second-order valence-corrected chi connectivity index (χ2v) is 7.81. The topological polar surface area (TPSA) is 35.2 Å². The van der Waals surface area contributed by atoms with Gasteiger partial charge in [0.05, 0.1) is 5.60 Å². The van der Waals surface area contributed by atoms with Gasteiger partial charge in [-0.3, -0.25) is 0 Å². The molecule has 2 aliphatic rings. The molecule has 1 spiro atoms. The molecule has 1 aromatic heterocycles. The lowest BCUT2D eigenvalue weighted by molar-refractivity contribution is -0.120. The number of nitrogens with two attached hydrogens (primary N) is 1. The van der Waals surface area contributed by atoms with Crippen molar-refractivity contribution in [2.45, 2.75) is 56.6 Å². The van der Waals surface area contributed by atoms with E-state index in [2.05, 4.69) is 27.4 Å². The number of rotatable bonds is 2. The van der Waals surface area contributed by atoms with Crippen LogP contribution in [0.15, 0.2) is 15.9 Å². The monoisotopic (exact) mass is 343 g/mol. The van der Waals surface area contributed by atoms with E-state index in [9.17, 15) is 0 Å². The molecule has 1 saturated carbocycles. The minimum Gasteiger partial charge on any atom is -0.375 e. The smallest absolute Gasteiger partial charge is 0.0686 e. The van der Waals surface area contributed by atoms with E-state index in [0.29, 0.717) is 5.92 Å². The van der Waals surface area contributed by atoms with Crippen LogP contribution in [0.1, 0.15) is 55.9 Å². The van der Waals surface area contributed by atoms with E-state index >= 15 is 0 Å². The highest BCUT2D eigenvalue weighted by Crippen LogP contribution is 2.45. The number of hydrogen-bond donors (Lipinski definition) is 1. The summed E-state index contributed by atoms with van der Waals surface area (Å²) >= 11 is 5.39. The highest BCUT2D eigenvalue weighted by Gasteiger charge is 2.40. The van der Waals surface area contributed by atoms with Crippen LogP contribution in [0.3, 0.4) is 0 Å². The van der Waals surface area contributed by atoms with E-state index in [-0.39, 0.29) is 11.6 Å². The van der Waals surface area contributed by atoms with E-state index in [0.717, 1.165) is 19.4 Å². The van der Waals surface area contributed by atoms with Gasteiger partial charge in [-0.05, 0) is 59.0 Å². The lowest BCUT2D eigenvalue weighted by Crippen LogP contribution is -2.43. The fourth-order valence-electron chi connectivity index (χ4n) is 3.67. The van der Waals surface area contributed by atoms with Crippen LogP contribution >= 0.6 is 27.3 Å². The maximum atomic E-state index is 6.53. The van der Waals surface area contributed by atoms with Crippen molar-refractivity contribution in [2.75, 3.05) is 6.61 Å². The molecule has 1 aliphatic carbocycles. The van der Waals surface area contributed by atoms with Gasteiger partial charge in [0, 0.05) is 22.0 Å². The molecule has 2 unspecified atom stereocenters. The van der Waals surface area contributed by atoms with E-state index in [1.165, 1.54) is 41.5 Å².